The van der Waals surface area contributed by atoms with Crippen molar-refractivity contribution in [2.75, 3.05) is 26.2 Å². The highest BCUT2D eigenvalue weighted by molar-refractivity contribution is 7.13. The van der Waals surface area contributed by atoms with Crippen LogP contribution in [0.25, 0.3) is 10.7 Å². The number of rotatable bonds is 5. The predicted molar refractivity (Wildman–Crippen MR) is 117 cm³/mol. The summed E-state index contributed by atoms with van der Waals surface area (Å²) < 4.78 is 0. The summed E-state index contributed by atoms with van der Waals surface area (Å²) in [7, 11) is 0. The van der Waals surface area contributed by atoms with E-state index in [1.807, 2.05) is 40.6 Å². The third-order valence-corrected chi connectivity index (χ3v) is 6.19. The van der Waals surface area contributed by atoms with Gasteiger partial charge in [0, 0.05) is 49.3 Å². The van der Waals surface area contributed by atoms with Gasteiger partial charge >= 0.3 is 0 Å². The lowest BCUT2D eigenvalue weighted by Gasteiger charge is -2.22. The number of thiazole rings is 1. The van der Waals surface area contributed by atoms with Gasteiger partial charge in [-0.2, -0.15) is 0 Å². The van der Waals surface area contributed by atoms with Crippen molar-refractivity contribution in [3.8, 4) is 10.7 Å². The maximum absolute atomic E-state index is 12.8. The van der Waals surface area contributed by atoms with Crippen LogP contribution in [0.1, 0.15) is 17.7 Å². The molecule has 4 rings (SSSR count). The van der Waals surface area contributed by atoms with Crippen molar-refractivity contribution >= 4 is 28.8 Å². The number of aromatic nitrogens is 2. The van der Waals surface area contributed by atoms with Gasteiger partial charge in [0.1, 0.15) is 5.01 Å². The third kappa shape index (κ3) is 5.41. The topological polar surface area (TPSA) is 49.3 Å². The second kappa shape index (κ2) is 9.48. The van der Waals surface area contributed by atoms with Crippen molar-refractivity contribution in [2.45, 2.75) is 19.4 Å². The first kappa shape index (κ1) is 20.0. The van der Waals surface area contributed by atoms with Crippen LogP contribution >= 0.6 is 22.9 Å². The van der Waals surface area contributed by atoms with E-state index in [1.54, 1.807) is 6.20 Å². The fraction of sp³-hybridized carbons (Fsp3) is 0.318. The van der Waals surface area contributed by atoms with Crippen LogP contribution in [0.4, 0.5) is 0 Å². The molecule has 3 aromatic rings. The van der Waals surface area contributed by atoms with Crippen LogP contribution in [0.15, 0.2) is 54.0 Å². The van der Waals surface area contributed by atoms with Crippen molar-refractivity contribution in [3.05, 3.63) is 70.3 Å². The molecule has 0 saturated carbocycles. The lowest BCUT2D eigenvalue weighted by Crippen LogP contribution is -2.36. The summed E-state index contributed by atoms with van der Waals surface area (Å²) in [5, 5.41) is 3.58. The summed E-state index contributed by atoms with van der Waals surface area (Å²) in [5.41, 5.74) is 2.92. The minimum absolute atomic E-state index is 0.149. The van der Waals surface area contributed by atoms with Crippen molar-refractivity contribution < 1.29 is 4.79 Å². The summed E-state index contributed by atoms with van der Waals surface area (Å²) in [5.74, 6) is 0.149. The van der Waals surface area contributed by atoms with E-state index >= 15 is 0 Å². The molecule has 0 N–H and O–H groups in total. The molecule has 1 fully saturated rings. The first-order chi connectivity index (χ1) is 14.2. The van der Waals surface area contributed by atoms with E-state index in [4.69, 9.17) is 11.6 Å². The van der Waals surface area contributed by atoms with Gasteiger partial charge < -0.3 is 4.90 Å². The molecular formula is C22H23ClN4OS. The molecule has 3 heterocycles. The van der Waals surface area contributed by atoms with Crippen molar-refractivity contribution in [1.82, 2.24) is 19.8 Å². The summed E-state index contributed by atoms with van der Waals surface area (Å²) in [6, 6.07) is 13.8. The van der Waals surface area contributed by atoms with Gasteiger partial charge in [0.2, 0.25) is 5.91 Å². The Labute approximate surface area is 180 Å². The Morgan fingerprint density at radius 2 is 1.93 bits per heavy atom. The van der Waals surface area contributed by atoms with Crippen LogP contribution in [-0.4, -0.2) is 51.9 Å². The Hall–Kier alpha value is -2.28. The van der Waals surface area contributed by atoms with Crippen LogP contribution in [0.3, 0.4) is 0 Å². The van der Waals surface area contributed by atoms with E-state index in [0.717, 1.165) is 60.6 Å². The molecule has 0 spiro atoms. The van der Waals surface area contributed by atoms with E-state index in [2.05, 4.69) is 27.0 Å². The number of carbonyl (C=O) groups excluding carboxylic acids is 1. The monoisotopic (exact) mass is 426 g/mol. The molecule has 150 valence electrons. The Balaban J connectivity index is 1.31. The highest BCUT2D eigenvalue weighted by Crippen LogP contribution is 2.22. The average Bonchev–Trinajstić information content (AvgIpc) is 3.08. The maximum atomic E-state index is 12.8. The molecular weight excluding hydrogens is 404 g/mol. The minimum Gasteiger partial charge on any atom is -0.341 e. The van der Waals surface area contributed by atoms with Crippen molar-refractivity contribution in [3.63, 3.8) is 0 Å². The second-order valence-corrected chi connectivity index (χ2v) is 8.47. The van der Waals surface area contributed by atoms with Gasteiger partial charge in [-0.25, -0.2) is 4.98 Å². The molecule has 0 atom stereocenters. The molecule has 5 nitrogen and oxygen atoms in total. The Kier molecular flexibility index (Phi) is 6.54. The largest absolute Gasteiger partial charge is 0.341 e. The van der Waals surface area contributed by atoms with E-state index < -0.39 is 0 Å². The van der Waals surface area contributed by atoms with Gasteiger partial charge in [-0.05, 0) is 36.2 Å². The van der Waals surface area contributed by atoms with Crippen molar-refractivity contribution in [2.24, 2.45) is 0 Å². The normalized spacial score (nSPS) is 15.3. The number of carbonyl (C=O) groups is 1. The molecule has 0 radical (unpaired) electrons. The molecule has 1 aliphatic heterocycles. The molecule has 1 saturated heterocycles. The number of benzene rings is 1. The Morgan fingerprint density at radius 3 is 2.72 bits per heavy atom. The predicted octanol–water partition coefficient (Wildman–Crippen LogP) is 4.14. The number of nitrogens with zero attached hydrogens (tertiary/aromatic N) is 4. The van der Waals surface area contributed by atoms with Gasteiger partial charge in [0.25, 0.3) is 0 Å². The summed E-state index contributed by atoms with van der Waals surface area (Å²) >= 11 is 7.51. The third-order valence-electron chi connectivity index (χ3n) is 5.03. The molecule has 1 amide bonds. The van der Waals surface area contributed by atoms with Gasteiger partial charge in [0.15, 0.2) is 0 Å². The number of halogens is 1. The quantitative estimate of drug-likeness (QED) is 0.615. The van der Waals surface area contributed by atoms with Gasteiger partial charge in [-0.15, -0.1) is 11.3 Å². The first-order valence-electron chi connectivity index (χ1n) is 9.78. The second-order valence-electron chi connectivity index (χ2n) is 7.17. The molecule has 0 aliphatic carbocycles. The lowest BCUT2D eigenvalue weighted by atomic mass is 10.2. The standard InChI is InChI=1S/C22H23ClN4OS/c23-18-7-5-17(6-8-18)15-26-10-3-11-27(13-12-26)21(28)14-19-16-29-22(25-19)20-4-1-2-9-24-20/h1-2,4-9,16H,3,10-15H2. The van der Waals surface area contributed by atoms with Gasteiger partial charge in [-0.1, -0.05) is 29.8 Å². The Bertz CT molecular complexity index is 945. The smallest absolute Gasteiger partial charge is 0.228 e. The summed E-state index contributed by atoms with van der Waals surface area (Å²) in [6.45, 7) is 4.31. The van der Waals surface area contributed by atoms with E-state index in [9.17, 15) is 4.79 Å². The minimum atomic E-state index is 0.149. The fourth-order valence-electron chi connectivity index (χ4n) is 3.49. The van der Waals surface area contributed by atoms with Crippen LogP contribution in [0.2, 0.25) is 5.02 Å². The van der Waals surface area contributed by atoms with E-state index in [0.29, 0.717) is 6.42 Å². The highest BCUT2D eigenvalue weighted by atomic mass is 35.5. The van der Waals surface area contributed by atoms with E-state index in [1.165, 1.54) is 16.9 Å². The maximum Gasteiger partial charge on any atom is 0.228 e. The van der Waals surface area contributed by atoms with Crippen LogP contribution in [0, 0.1) is 0 Å². The zero-order chi connectivity index (χ0) is 20.1. The number of hydrogen-bond acceptors (Lipinski definition) is 5. The first-order valence-corrected chi connectivity index (χ1v) is 11.0. The highest BCUT2D eigenvalue weighted by Gasteiger charge is 2.20. The summed E-state index contributed by atoms with van der Waals surface area (Å²) in [6.07, 6.45) is 3.09. The molecule has 1 aliphatic rings. The number of amides is 1. The molecule has 29 heavy (non-hydrogen) atoms. The van der Waals surface area contributed by atoms with Crippen molar-refractivity contribution in [1.29, 1.82) is 0 Å². The molecule has 2 aromatic heterocycles. The summed E-state index contributed by atoms with van der Waals surface area (Å²) in [4.78, 5) is 26.1. The molecule has 1 aromatic carbocycles. The van der Waals surface area contributed by atoms with Gasteiger partial charge in [0.05, 0.1) is 17.8 Å². The number of pyridine rings is 1. The van der Waals surface area contributed by atoms with Gasteiger partial charge in [-0.3, -0.25) is 14.7 Å². The molecule has 0 bridgehead atoms. The average molecular weight is 427 g/mol. The zero-order valence-corrected chi connectivity index (χ0v) is 17.7. The number of hydrogen-bond donors (Lipinski definition) is 0. The zero-order valence-electron chi connectivity index (χ0n) is 16.1. The molecule has 0 unspecified atom stereocenters. The SMILES string of the molecule is O=C(Cc1csc(-c2ccccn2)n1)N1CCCN(Cc2ccc(Cl)cc2)CC1. The molecule has 7 heteroatoms. The van der Waals surface area contributed by atoms with Crippen LogP contribution in [0.5, 0.6) is 0 Å². The van der Waals surface area contributed by atoms with Crippen LogP contribution < -0.4 is 0 Å². The Morgan fingerprint density at radius 1 is 1.07 bits per heavy atom. The van der Waals surface area contributed by atoms with E-state index in [-0.39, 0.29) is 5.91 Å². The van der Waals surface area contributed by atoms with Crippen LogP contribution in [-0.2, 0) is 17.8 Å². The fourth-order valence-corrected chi connectivity index (χ4v) is 4.41. The lowest BCUT2D eigenvalue weighted by molar-refractivity contribution is -0.130.